The second-order valence-corrected chi connectivity index (χ2v) is 6.11. The van der Waals surface area contributed by atoms with E-state index in [1.165, 1.54) is 51.6 Å². The van der Waals surface area contributed by atoms with E-state index < -0.39 is 0 Å². The fourth-order valence-corrected chi connectivity index (χ4v) is 3.75. The van der Waals surface area contributed by atoms with Gasteiger partial charge in [-0.2, -0.15) is 0 Å². The standard InChI is InChI=1S/C16H29NO2/c1-3-16(14-9-10-14,13-15(18)19-4-2)17-11-7-5-6-8-12-17/h14H,3-13H2,1-2H3. The van der Waals surface area contributed by atoms with E-state index in [0.29, 0.717) is 13.0 Å². The molecule has 1 aliphatic heterocycles. The summed E-state index contributed by atoms with van der Waals surface area (Å²) >= 11 is 0. The molecule has 0 N–H and O–H groups in total. The average Bonchev–Trinajstić information content (AvgIpc) is 3.23. The average molecular weight is 267 g/mol. The third kappa shape index (κ3) is 3.50. The zero-order chi connectivity index (χ0) is 13.7. The van der Waals surface area contributed by atoms with Crippen LogP contribution in [-0.2, 0) is 9.53 Å². The molecule has 0 aromatic heterocycles. The summed E-state index contributed by atoms with van der Waals surface area (Å²) in [5.41, 5.74) is 0.0938. The van der Waals surface area contributed by atoms with Crippen LogP contribution < -0.4 is 0 Å². The molecule has 1 atom stereocenters. The van der Waals surface area contributed by atoms with Gasteiger partial charge in [0.05, 0.1) is 13.0 Å². The van der Waals surface area contributed by atoms with Crippen molar-refractivity contribution in [3.05, 3.63) is 0 Å². The SMILES string of the molecule is CCOC(=O)CC(CC)(C1CC1)N1CCCCCC1. The number of carbonyl (C=O) groups is 1. The lowest BCUT2D eigenvalue weighted by Gasteiger charge is -2.43. The van der Waals surface area contributed by atoms with E-state index in [-0.39, 0.29) is 11.5 Å². The van der Waals surface area contributed by atoms with Crippen LogP contribution >= 0.6 is 0 Å². The molecule has 3 heteroatoms. The Morgan fingerprint density at radius 3 is 2.26 bits per heavy atom. The highest BCUT2D eigenvalue weighted by Gasteiger charge is 2.49. The van der Waals surface area contributed by atoms with Crippen molar-refractivity contribution in [1.29, 1.82) is 0 Å². The first-order valence-corrected chi connectivity index (χ1v) is 8.13. The van der Waals surface area contributed by atoms with Gasteiger partial charge in [0.2, 0.25) is 0 Å². The molecule has 0 bridgehead atoms. The minimum absolute atomic E-state index is 0.000460. The highest BCUT2D eigenvalue weighted by atomic mass is 16.5. The zero-order valence-corrected chi connectivity index (χ0v) is 12.6. The number of hydrogen-bond donors (Lipinski definition) is 0. The molecule has 0 aromatic carbocycles. The van der Waals surface area contributed by atoms with Crippen molar-refractivity contribution in [3.63, 3.8) is 0 Å². The van der Waals surface area contributed by atoms with Crippen molar-refractivity contribution >= 4 is 5.97 Å². The van der Waals surface area contributed by atoms with E-state index >= 15 is 0 Å². The highest BCUT2D eigenvalue weighted by Crippen LogP contribution is 2.48. The van der Waals surface area contributed by atoms with Crippen molar-refractivity contribution in [2.75, 3.05) is 19.7 Å². The minimum atomic E-state index is 0.000460. The van der Waals surface area contributed by atoms with E-state index in [0.717, 1.165) is 12.3 Å². The van der Waals surface area contributed by atoms with Gasteiger partial charge in [0, 0.05) is 5.54 Å². The number of carbonyl (C=O) groups excluding carboxylic acids is 1. The predicted octanol–water partition coefficient (Wildman–Crippen LogP) is 3.37. The normalized spacial score (nSPS) is 24.5. The Balaban J connectivity index is 2.10. The third-order valence-corrected chi connectivity index (χ3v) is 4.94. The van der Waals surface area contributed by atoms with Crippen LogP contribution in [0.5, 0.6) is 0 Å². The van der Waals surface area contributed by atoms with Crippen LogP contribution in [-0.4, -0.2) is 36.1 Å². The molecule has 2 fully saturated rings. The molecule has 2 aliphatic rings. The molecule has 1 unspecified atom stereocenters. The topological polar surface area (TPSA) is 29.5 Å². The number of nitrogens with zero attached hydrogens (tertiary/aromatic N) is 1. The van der Waals surface area contributed by atoms with Crippen LogP contribution in [0.2, 0.25) is 0 Å². The first-order valence-electron chi connectivity index (χ1n) is 8.13. The van der Waals surface area contributed by atoms with Gasteiger partial charge in [0.1, 0.15) is 0 Å². The van der Waals surface area contributed by atoms with E-state index in [9.17, 15) is 4.79 Å². The van der Waals surface area contributed by atoms with Gasteiger partial charge in [-0.05, 0) is 58.0 Å². The maximum atomic E-state index is 12.0. The molecule has 110 valence electrons. The van der Waals surface area contributed by atoms with Crippen LogP contribution in [0.25, 0.3) is 0 Å². The Labute approximate surface area is 117 Å². The van der Waals surface area contributed by atoms with Gasteiger partial charge in [-0.1, -0.05) is 19.8 Å². The molecule has 1 saturated heterocycles. The van der Waals surface area contributed by atoms with Crippen LogP contribution in [0.1, 0.15) is 65.2 Å². The van der Waals surface area contributed by atoms with E-state index in [4.69, 9.17) is 4.74 Å². The van der Waals surface area contributed by atoms with Gasteiger partial charge in [-0.3, -0.25) is 9.69 Å². The molecule has 3 nitrogen and oxygen atoms in total. The number of esters is 1. The summed E-state index contributed by atoms with van der Waals surface area (Å²) in [4.78, 5) is 14.7. The number of ether oxygens (including phenoxy) is 1. The fourth-order valence-electron chi connectivity index (χ4n) is 3.75. The second kappa shape index (κ2) is 6.74. The van der Waals surface area contributed by atoms with Gasteiger partial charge in [0.15, 0.2) is 0 Å². The minimum Gasteiger partial charge on any atom is -0.466 e. The fraction of sp³-hybridized carbons (Fsp3) is 0.938. The summed E-state index contributed by atoms with van der Waals surface area (Å²) < 4.78 is 5.23. The van der Waals surface area contributed by atoms with Crippen LogP contribution in [0.15, 0.2) is 0 Å². The largest absolute Gasteiger partial charge is 0.466 e. The van der Waals surface area contributed by atoms with E-state index in [1.807, 2.05) is 6.92 Å². The molecule has 1 saturated carbocycles. The molecule has 0 aromatic rings. The molecule has 19 heavy (non-hydrogen) atoms. The number of hydrogen-bond acceptors (Lipinski definition) is 3. The number of rotatable bonds is 6. The number of likely N-dealkylation sites (tertiary alicyclic amines) is 1. The second-order valence-electron chi connectivity index (χ2n) is 6.11. The molecular formula is C16H29NO2. The lowest BCUT2D eigenvalue weighted by Crippen LogP contribution is -2.52. The van der Waals surface area contributed by atoms with Crippen molar-refractivity contribution in [1.82, 2.24) is 4.90 Å². The summed E-state index contributed by atoms with van der Waals surface area (Å²) in [5, 5.41) is 0. The van der Waals surface area contributed by atoms with Crippen molar-refractivity contribution < 1.29 is 9.53 Å². The summed E-state index contributed by atoms with van der Waals surface area (Å²) in [6.07, 6.45) is 9.54. The summed E-state index contributed by atoms with van der Waals surface area (Å²) in [7, 11) is 0. The lowest BCUT2D eigenvalue weighted by atomic mass is 9.84. The monoisotopic (exact) mass is 267 g/mol. The van der Waals surface area contributed by atoms with E-state index in [2.05, 4.69) is 11.8 Å². The maximum Gasteiger partial charge on any atom is 0.307 e. The molecule has 0 spiro atoms. The van der Waals surface area contributed by atoms with Crippen LogP contribution in [0.4, 0.5) is 0 Å². The van der Waals surface area contributed by atoms with Crippen LogP contribution in [0, 0.1) is 5.92 Å². The Morgan fingerprint density at radius 1 is 1.16 bits per heavy atom. The van der Waals surface area contributed by atoms with E-state index in [1.54, 1.807) is 0 Å². The quantitative estimate of drug-likeness (QED) is 0.691. The van der Waals surface area contributed by atoms with Gasteiger partial charge in [-0.25, -0.2) is 0 Å². The summed E-state index contributed by atoms with van der Waals surface area (Å²) in [5.74, 6) is 0.723. The van der Waals surface area contributed by atoms with Crippen molar-refractivity contribution in [2.45, 2.75) is 70.8 Å². The zero-order valence-electron chi connectivity index (χ0n) is 12.6. The molecule has 1 aliphatic carbocycles. The van der Waals surface area contributed by atoms with Crippen molar-refractivity contribution in [2.24, 2.45) is 5.92 Å². The Bertz CT molecular complexity index is 293. The third-order valence-electron chi connectivity index (χ3n) is 4.94. The maximum absolute atomic E-state index is 12.0. The molecule has 1 heterocycles. The highest BCUT2D eigenvalue weighted by molar-refractivity contribution is 5.71. The summed E-state index contributed by atoms with van der Waals surface area (Å²) in [6, 6.07) is 0. The first-order chi connectivity index (χ1) is 9.23. The lowest BCUT2D eigenvalue weighted by molar-refractivity contribution is -0.147. The Kier molecular flexibility index (Phi) is 5.26. The smallest absolute Gasteiger partial charge is 0.307 e. The Hall–Kier alpha value is -0.570. The first kappa shape index (κ1) is 14.8. The molecule has 0 amide bonds. The Morgan fingerprint density at radius 2 is 1.79 bits per heavy atom. The van der Waals surface area contributed by atoms with Gasteiger partial charge >= 0.3 is 5.97 Å². The molecular weight excluding hydrogens is 238 g/mol. The van der Waals surface area contributed by atoms with Crippen molar-refractivity contribution in [3.8, 4) is 0 Å². The van der Waals surface area contributed by atoms with Crippen LogP contribution in [0.3, 0.4) is 0 Å². The predicted molar refractivity (Wildman–Crippen MR) is 77.0 cm³/mol. The molecule has 2 rings (SSSR count). The van der Waals surface area contributed by atoms with Gasteiger partial charge < -0.3 is 4.74 Å². The van der Waals surface area contributed by atoms with Gasteiger partial charge in [-0.15, -0.1) is 0 Å². The molecule has 0 radical (unpaired) electrons. The van der Waals surface area contributed by atoms with Gasteiger partial charge in [0.25, 0.3) is 0 Å². The summed E-state index contributed by atoms with van der Waals surface area (Å²) in [6.45, 7) is 6.99.